The fourth-order valence-corrected chi connectivity index (χ4v) is 3.12. The quantitative estimate of drug-likeness (QED) is 0.839. The lowest BCUT2D eigenvalue weighted by molar-refractivity contribution is -0.128. The van der Waals surface area contributed by atoms with E-state index < -0.39 is 0 Å². The van der Waals surface area contributed by atoms with Gasteiger partial charge in [0.25, 0.3) is 5.91 Å². The lowest BCUT2D eigenvalue weighted by atomic mass is 10.1. The first-order valence-corrected chi connectivity index (χ1v) is 8.57. The molecule has 25 heavy (non-hydrogen) atoms. The molecule has 1 saturated carbocycles. The van der Waals surface area contributed by atoms with Crippen LogP contribution in [0.3, 0.4) is 0 Å². The van der Waals surface area contributed by atoms with Gasteiger partial charge in [-0.25, -0.2) is 0 Å². The van der Waals surface area contributed by atoms with Crippen molar-refractivity contribution in [1.29, 1.82) is 5.26 Å². The van der Waals surface area contributed by atoms with E-state index in [2.05, 4.69) is 16.3 Å². The Morgan fingerprint density at radius 2 is 1.96 bits per heavy atom. The molecule has 3 rings (SSSR count). The van der Waals surface area contributed by atoms with Crippen molar-refractivity contribution in [2.75, 3.05) is 26.7 Å². The summed E-state index contributed by atoms with van der Waals surface area (Å²) in [6, 6.07) is 9.72. The Kier molecular flexibility index (Phi) is 5.15. The van der Waals surface area contributed by atoms with E-state index in [-0.39, 0.29) is 17.9 Å². The van der Waals surface area contributed by atoms with Crippen molar-refractivity contribution in [3.05, 3.63) is 41.5 Å². The van der Waals surface area contributed by atoms with Crippen LogP contribution in [0, 0.1) is 11.3 Å². The maximum absolute atomic E-state index is 12.4. The number of carbonyl (C=O) groups is 2. The molecule has 2 amide bonds. The molecule has 6 nitrogen and oxygen atoms in total. The monoisotopic (exact) mass is 338 g/mol. The van der Waals surface area contributed by atoms with Crippen molar-refractivity contribution in [3.63, 3.8) is 0 Å². The zero-order valence-electron chi connectivity index (χ0n) is 14.3. The van der Waals surface area contributed by atoms with Crippen LogP contribution in [0.1, 0.15) is 28.8 Å². The summed E-state index contributed by atoms with van der Waals surface area (Å²) < 4.78 is 0. The molecule has 1 aromatic carbocycles. The molecular weight excluding hydrogens is 316 g/mol. The van der Waals surface area contributed by atoms with E-state index >= 15 is 0 Å². The van der Waals surface area contributed by atoms with Gasteiger partial charge in [0.1, 0.15) is 6.04 Å². The van der Waals surface area contributed by atoms with Crippen LogP contribution in [0.15, 0.2) is 30.3 Å². The largest absolute Gasteiger partial charge is 0.355 e. The number of carbonyl (C=O) groups excluding carboxylic acids is 2. The van der Waals surface area contributed by atoms with Crippen LogP contribution in [0.25, 0.3) is 6.08 Å². The minimum absolute atomic E-state index is 0.0777. The third kappa shape index (κ3) is 4.06. The van der Waals surface area contributed by atoms with E-state index in [4.69, 9.17) is 0 Å². The Morgan fingerprint density at radius 3 is 2.56 bits per heavy atom. The maximum atomic E-state index is 12.4. The zero-order valence-corrected chi connectivity index (χ0v) is 14.3. The van der Waals surface area contributed by atoms with Crippen LogP contribution in [-0.4, -0.2) is 60.4 Å². The van der Waals surface area contributed by atoms with Gasteiger partial charge >= 0.3 is 0 Å². The Bertz CT molecular complexity index is 716. The molecule has 1 N–H and O–H groups in total. The summed E-state index contributed by atoms with van der Waals surface area (Å²) in [7, 11) is 1.59. The first-order chi connectivity index (χ1) is 12.1. The van der Waals surface area contributed by atoms with Gasteiger partial charge in [-0.05, 0) is 36.6 Å². The second kappa shape index (κ2) is 7.49. The molecule has 1 heterocycles. The van der Waals surface area contributed by atoms with Gasteiger partial charge in [-0.2, -0.15) is 5.26 Å². The van der Waals surface area contributed by atoms with E-state index in [9.17, 15) is 14.9 Å². The molecule has 1 atom stereocenters. The Balaban J connectivity index is 1.59. The standard InChI is InChI=1S/C19H22N4O2/c1-21-19(25)15-5-2-14(3-6-15)4-9-18(24)22-10-11-23(16-7-8-16)17(12-20)13-22/h2-6,9,16-17H,7-8,10-11,13H2,1H3,(H,21,25)/b9-4+. The van der Waals surface area contributed by atoms with Gasteiger partial charge < -0.3 is 10.2 Å². The summed E-state index contributed by atoms with van der Waals surface area (Å²) in [6.07, 6.45) is 5.61. The van der Waals surface area contributed by atoms with E-state index in [1.165, 1.54) is 6.08 Å². The van der Waals surface area contributed by atoms with Crippen LogP contribution in [0.2, 0.25) is 0 Å². The van der Waals surface area contributed by atoms with E-state index in [0.717, 1.165) is 24.9 Å². The number of nitriles is 1. The molecule has 2 fully saturated rings. The van der Waals surface area contributed by atoms with Crippen molar-refractivity contribution in [1.82, 2.24) is 15.1 Å². The Morgan fingerprint density at radius 1 is 1.24 bits per heavy atom. The summed E-state index contributed by atoms with van der Waals surface area (Å²) in [6.45, 7) is 1.89. The molecular formula is C19H22N4O2. The van der Waals surface area contributed by atoms with Crippen molar-refractivity contribution in [2.24, 2.45) is 0 Å². The lowest BCUT2D eigenvalue weighted by Crippen LogP contribution is -2.54. The van der Waals surface area contributed by atoms with Crippen molar-refractivity contribution in [3.8, 4) is 6.07 Å². The van der Waals surface area contributed by atoms with E-state index in [0.29, 0.717) is 24.7 Å². The highest BCUT2D eigenvalue weighted by Crippen LogP contribution is 2.30. The molecule has 0 radical (unpaired) electrons. The SMILES string of the molecule is CNC(=O)c1ccc(/C=C/C(=O)N2CCN(C3CC3)C(C#N)C2)cc1. The average Bonchev–Trinajstić information content (AvgIpc) is 3.50. The molecule has 6 heteroatoms. The van der Waals surface area contributed by atoms with Crippen LogP contribution in [-0.2, 0) is 4.79 Å². The molecule has 1 unspecified atom stereocenters. The molecule has 1 aliphatic carbocycles. The third-order valence-electron chi connectivity index (χ3n) is 4.72. The normalized spacial score (nSPS) is 21.1. The molecule has 1 saturated heterocycles. The van der Waals surface area contributed by atoms with Crippen molar-refractivity contribution < 1.29 is 9.59 Å². The summed E-state index contributed by atoms with van der Waals surface area (Å²) in [5, 5.41) is 11.9. The summed E-state index contributed by atoms with van der Waals surface area (Å²) in [5.74, 6) is -0.214. The summed E-state index contributed by atoms with van der Waals surface area (Å²) in [4.78, 5) is 27.9. The fraction of sp³-hybridized carbons (Fsp3) is 0.421. The average molecular weight is 338 g/mol. The topological polar surface area (TPSA) is 76.4 Å². The first-order valence-electron chi connectivity index (χ1n) is 8.57. The molecule has 0 spiro atoms. The highest BCUT2D eigenvalue weighted by atomic mass is 16.2. The van der Waals surface area contributed by atoms with Crippen LogP contribution in [0.5, 0.6) is 0 Å². The minimum Gasteiger partial charge on any atom is -0.355 e. The lowest BCUT2D eigenvalue weighted by Gasteiger charge is -2.38. The van der Waals surface area contributed by atoms with Crippen molar-refractivity contribution in [2.45, 2.75) is 24.9 Å². The number of nitrogens with one attached hydrogen (secondary N) is 1. The number of rotatable bonds is 4. The van der Waals surface area contributed by atoms with Gasteiger partial charge in [0.15, 0.2) is 0 Å². The molecule has 2 aliphatic rings. The fourth-order valence-electron chi connectivity index (χ4n) is 3.12. The molecule has 1 aliphatic heterocycles. The number of benzene rings is 1. The second-order valence-electron chi connectivity index (χ2n) is 6.43. The number of amides is 2. The molecule has 1 aromatic rings. The van der Waals surface area contributed by atoms with Crippen molar-refractivity contribution >= 4 is 17.9 Å². The molecule has 0 bridgehead atoms. The summed E-state index contributed by atoms with van der Waals surface area (Å²) in [5.41, 5.74) is 1.44. The highest BCUT2D eigenvalue weighted by molar-refractivity contribution is 5.94. The van der Waals surface area contributed by atoms with Crippen LogP contribution < -0.4 is 5.32 Å². The summed E-state index contributed by atoms with van der Waals surface area (Å²) >= 11 is 0. The Hall–Kier alpha value is -2.65. The van der Waals surface area contributed by atoms with Crippen LogP contribution >= 0.6 is 0 Å². The van der Waals surface area contributed by atoms with Gasteiger partial charge in [0, 0.05) is 44.4 Å². The number of hydrogen-bond acceptors (Lipinski definition) is 4. The number of piperazine rings is 1. The molecule has 0 aromatic heterocycles. The van der Waals surface area contributed by atoms with Gasteiger partial charge in [-0.15, -0.1) is 0 Å². The highest BCUT2D eigenvalue weighted by Gasteiger charge is 2.38. The predicted octanol–water partition coefficient (Wildman–Crippen LogP) is 1.26. The van der Waals surface area contributed by atoms with E-state index in [1.807, 2.05) is 0 Å². The zero-order chi connectivity index (χ0) is 17.8. The minimum atomic E-state index is -0.203. The van der Waals surface area contributed by atoms with E-state index in [1.54, 1.807) is 42.3 Å². The predicted molar refractivity (Wildman–Crippen MR) is 94.6 cm³/mol. The maximum Gasteiger partial charge on any atom is 0.251 e. The van der Waals surface area contributed by atoms with Gasteiger partial charge in [-0.1, -0.05) is 12.1 Å². The second-order valence-corrected chi connectivity index (χ2v) is 6.43. The van der Waals surface area contributed by atoms with Gasteiger partial charge in [0.2, 0.25) is 5.91 Å². The number of nitrogens with zero attached hydrogens (tertiary/aromatic N) is 3. The Labute approximate surface area is 147 Å². The van der Waals surface area contributed by atoms with Gasteiger partial charge in [0.05, 0.1) is 6.07 Å². The third-order valence-corrected chi connectivity index (χ3v) is 4.72. The van der Waals surface area contributed by atoms with Gasteiger partial charge in [-0.3, -0.25) is 14.5 Å². The molecule has 130 valence electrons. The first kappa shape index (κ1) is 17.2. The number of hydrogen-bond donors (Lipinski definition) is 1. The smallest absolute Gasteiger partial charge is 0.251 e. The van der Waals surface area contributed by atoms with Crippen LogP contribution in [0.4, 0.5) is 0 Å².